The molecule has 26 heavy (non-hydrogen) atoms. The molecule has 0 spiro atoms. The number of carbonyl (C=O) groups is 2. The molecule has 2 amide bonds. The quantitative estimate of drug-likeness (QED) is 0.794. The Kier molecular flexibility index (Phi) is 5.82. The van der Waals surface area contributed by atoms with Crippen molar-refractivity contribution in [1.82, 2.24) is 4.90 Å². The molecule has 142 valence electrons. The van der Waals surface area contributed by atoms with E-state index in [1.807, 2.05) is 13.0 Å². The highest BCUT2D eigenvalue weighted by molar-refractivity contribution is 5.94. The van der Waals surface area contributed by atoms with Crippen LogP contribution in [0, 0.1) is 0 Å². The summed E-state index contributed by atoms with van der Waals surface area (Å²) in [5.41, 5.74) is 0.690. The van der Waals surface area contributed by atoms with E-state index in [2.05, 4.69) is 5.32 Å². The minimum atomic E-state index is -0.278. The molecule has 1 fully saturated rings. The average molecular weight is 364 g/mol. The first kappa shape index (κ1) is 18.3. The van der Waals surface area contributed by atoms with Gasteiger partial charge in [-0.25, -0.2) is 4.79 Å². The number of piperazine rings is 1. The highest BCUT2D eigenvalue weighted by atomic mass is 16.6. The minimum Gasteiger partial charge on any atom is -0.486 e. The normalized spacial score (nSPS) is 18.2. The van der Waals surface area contributed by atoms with Crippen molar-refractivity contribution in [3.63, 3.8) is 0 Å². The second-order valence-corrected chi connectivity index (χ2v) is 6.41. The Morgan fingerprint density at radius 3 is 2.62 bits per heavy atom. The van der Waals surface area contributed by atoms with Crippen molar-refractivity contribution in [2.75, 3.05) is 51.3 Å². The Hall–Kier alpha value is -2.48. The molecule has 1 aromatic carbocycles. The molecule has 2 aliphatic rings. The summed E-state index contributed by atoms with van der Waals surface area (Å²) < 4.78 is 16.1. The van der Waals surface area contributed by atoms with Crippen LogP contribution in [0.25, 0.3) is 0 Å². The number of amides is 2. The van der Waals surface area contributed by atoms with Crippen LogP contribution in [-0.4, -0.2) is 68.9 Å². The van der Waals surface area contributed by atoms with E-state index in [0.717, 1.165) is 4.90 Å². The molecule has 0 aliphatic carbocycles. The number of hydrogen-bond donors (Lipinski definition) is 2. The molecule has 3 rings (SSSR count). The van der Waals surface area contributed by atoms with E-state index in [-0.39, 0.29) is 18.0 Å². The molecule has 2 N–H and O–H groups in total. The molecule has 2 aliphatic heterocycles. The third kappa shape index (κ3) is 4.19. The van der Waals surface area contributed by atoms with Crippen molar-refractivity contribution in [2.45, 2.75) is 19.9 Å². The van der Waals surface area contributed by atoms with Gasteiger partial charge in [0, 0.05) is 11.8 Å². The number of ether oxygens (including phenoxy) is 3. The van der Waals surface area contributed by atoms with Gasteiger partial charge in [0.05, 0.1) is 32.8 Å². The van der Waals surface area contributed by atoms with Gasteiger partial charge < -0.3 is 24.4 Å². The lowest BCUT2D eigenvalue weighted by molar-refractivity contribution is -0.917. The first-order chi connectivity index (χ1) is 12.6. The lowest BCUT2D eigenvalue weighted by atomic mass is 10.2. The maximum Gasteiger partial charge on any atom is 0.410 e. The summed E-state index contributed by atoms with van der Waals surface area (Å²) in [5, 5.41) is 2.94. The molecule has 2 heterocycles. The molecule has 8 heteroatoms. The number of carbonyl (C=O) groups excluding carboxylic acids is 2. The average Bonchev–Trinajstić information content (AvgIpc) is 2.67. The Morgan fingerprint density at radius 2 is 1.92 bits per heavy atom. The summed E-state index contributed by atoms with van der Waals surface area (Å²) in [4.78, 5) is 27.2. The third-order valence-electron chi connectivity index (χ3n) is 4.75. The molecule has 8 nitrogen and oxygen atoms in total. The number of fused-ring (bicyclic) bond motifs is 1. The van der Waals surface area contributed by atoms with Crippen LogP contribution in [0.15, 0.2) is 18.2 Å². The molecule has 0 aromatic heterocycles. The van der Waals surface area contributed by atoms with Crippen molar-refractivity contribution >= 4 is 17.7 Å². The van der Waals surface area contributed by atoms with Gasteiger partial charge in [-0.1, -0.05) is 0 Å². The van der Waals surface area contributed by atoms with Gasteiger partial charge in [-0.15, -0.1) is 0 Å². The molecule has 1 aromatic rings. The molecular formula is C18H26N3O5+. The predicted octanol–water partition coefficient (Wildman–Crippen LogP) is 0.142. The van der Waals surface area contributed by atoms with Crippen LogP contribution >= 0.6 is 0 Å². The van der Waals surface area contributed by atoms with Gasteiger partial charge in [0.1, 0.15) is 13.2 Å². The number of benzene rings is 1. The SMILES string of the molecule is CCOC(=O)N1CC[NH+]([C@@H](C)C(=O)Nc2ccc3c(c2)OCCO3)CC1. The zero-order chi connectivity index (χ0) is 18.5. The van der Waals surface area contributed by atoms with Crippen molar-refractivity contribution in [3.05, 3.63) is 18.2 Å². The summed E-state index contributed by atoms with van der Waals surface area (Å²) in [6, 6.07) is 5.19. The fourth-order valence-corrected chi connectivity index (χ4v) is 3.18. The second kappa shape index (κ2) is 8.27. The zero-order valence-corrected chi connectivity index (χ0v) is 15.2. The molecular weight excluding hydrogens is 338 g/mol. The van der Waals surface area contributed by atoms with E-state index in [1.165, 1.54) is 0 Å². The molecule has 0 radical (unpaired) electrons. The van der Waals surface area contributed by atoms with Gasteiger partial charge in [0.25, 0.3) is 5.91 Å². The van der Waals surface area contributed by atoms with E-state index < -0.39 is 0 Å². The summed E-state index contributed by atoms with van der Waals surface area (Å²) in [5.74, 6) is 1.29. The van der Waals surface area contributed by atoms with Crippen LogP contribution in [-0.2, 0) is 9.53 Å². The maximum atomic E-state index is 12.6. The third-order valence-corrected chi connectivity index (χ3v) is 4.75. The standard InChI is InChI=1S/C18H25N3O5/c1-3-24-18(23)21-8-6-20(7-9-21)13(2)17(22)19-14-4-5-15-16(12-14)26-11-10-25-15/h4-5,12-13H,3,6-11H2,1-2H3,(H,19,22)/p+1/t13-/m0/s1. The summed E-state index contributed by atoms with van der Waals surface area (Å²) in [6.07, 6.45) is -0.278. The van der Waals surface area contributed by atoms with Gasteiger partial charge in [-0.2, -0.15) is 0 Å². The molecule has 1 atom stereocenters. The largest absolute Gasteiger partial charge is 0.486 e. The Labute approximate surface area is 153 Å². The van der Waals surface area contributed by atoms with E-state index in [1.54, 1.807) is 24.0 Å². The van der Waals surface area contributed by atoms with Gasteiger partial charge >= 0.3 is 6.09 Å². The zero-order valence-electron chi connectivity index (χ0n) is 15.2. The number of hydrogen-bond acceptors (Lipinski definition) is 5. The van der Waals surface area contributed by atoms with Crippen LogP contribution in [0.3, 0.4) is 0 Å². The second-order valence-electron chi connectivity index (χ2n) is 6.41. The number of nitrogens with zero attached hydrogens (tertiary/aromatic N) is 1. The van der Waals surface area contributed by atoms with Crippen molar-refractivity contribution in [2.24, 2.45) is 0 Å². The van der Waals surface area contributed by atoms with E-state index in [9.17, 15) is 9.59 Å². The van der Waals surface area contributed by atoms with E-state index in [4.69, 9.17) is 14.2 Å². The first-order valence-corrected chi connectivity index (χ1v) is 9.05. The van der Waals surface area contributed by atoms with E-state index in [0.29, 0.717) is 63.2 Å². The van der Waals surface area contributed by atoms with Crippen LogP contribution < -0.4 is 19.7 Å². The number of quaternary nitrogens is 1. The minimum absolute atomic E-state index is 0.0544. The van der Waals surface area contributed by atoms with E-state index >= 15 is 0 Å². The van der Waals surface area contributed by atoms with Gasteiger partial charge in [0.2, 0.25) is 0 Å². The smallest absolute Gasteiger partial charge is 0.410 e. The maximum absolute atomic E-state index is 12.6. The van der Waals surface area contributed by atoms with Crippen molar-refractivity contribution in [1.29, 1.82) is 0 Å². The molecule has 1 saturated heterocycles. The highest BCUT2D eigenvalue weighted by Crippen LogP contribution is 2.32. The Morgan fingerprint density at radius 1 is 1.23 bits per heavy atom. The molecule has 0 bridgehead atoms. The summed E-state index contributed by atoms with van der Waals surface area (Å²) in [7, 11) is 0. The highest BCUT2D eigenvalue weighted by Gasteiger charge is 2.31. The fraction of sp³-hybridized carbons (Fsp3) is 0.556. The number of nitrogens with one attached hydrogen (secondary N) is 2. The van der Waals surface area contributed by atoms with Crippen molar-refractivity contribution in [3.8, 4) is 11.5 Å². The first-order valence-electron chi connectivity index (χ1n) is 9.05. The topological polar surface area (TPSA) is 81.5 Å². The van der Waals surface area contributed by atoms with Crippen LogP contribution in [0.1, 0.15) is 13.8 Å². The lowest BCUT2D eigenvalue weighted by Gasteiger charge is -2.34. The summed E-state index contributed by atoms with van der Waals surface area (Å²) in [6.45, 7) is 7.74. The van der Waals surface area contributed by atoms with Crippen LogP contribution in [0.2, 0.25) is 0 Å². The van der Waals surface area contributed by atoms with Gasteiger partial charge in [-0.05, 0) is 26.0 Å². The van der Waals surface area contributed by atoms with Gasteiger partial charge in [0.15, 0.2) is 17.5 Å². The summed E-state index contributed by atoms with van der Waals surface area (Å²) >= 11 is 0. The fourth-order valence-electron chi connectivity index (χ4n) is 3.18. The Balaban J connectivity index is 1.53. The monoisotopic (exact) mass is 364 g/mol. The number of rotatable bonds is 4. The van der Waals surface area contributed by atoms with Gasteiger partial charge in [-0.3, -0.25) is 9.69 Å². The number of anilines is 1. The molecule has 0 saturated carbocycles. The van der Waals surface area contributed by atoms with Crippen molar-refractivity contribution < 1.29 is 28.7 Å². The predicted molar refractivity (Wildman–Crippen MR) is 94.8 cm³/mol. The Bertz CT molecular complexity index is 658. The lowest BCUT2D eigenvalue weighted by Crippen LogP contribution is -3.19. The van der Waals surface area contributed by atoms with Crippen LogP contribution in [0.5, 0.6) is 11.5 Å². The molecule has 0 unspecified atom stereocenters. The van der Waals surface area contributed by atoms with Crippen LogP contribution in [0.4, 0.5) is 10.5 Å².